The molecule has 3 aromatic rings. The molecule has 1 aromatic heterocycles. The van der Waals surface area contributed by atoms with Crippen LogP contribution in [0.25, 0.3) is 10.9 Å². The number of fused-ring (bicyclic) bond motifs is 1. The van der Waals surface area contributed by atoms with Crippen LogP contribution in [0.15, 0.2) is 63.8 Å². The van der Waals surface area contributed by atoms with E-state index in [1.807, 2.05) is 30.3 Å². The highest BCUT2D eigenvalue weighted by Crippen LogP contribution is 2.22. The summed E-state index contributed by atoms with van der Waals surface area (Å²) >= 11 is 0. The first kappa shape index (κ1) is 17.7. The van der Waals surface area contributed by atoms with Crippen LogP contribution in [-0.4, -0.2) is 16.7 Å². The Kier molecular flexibility index (Phi) is 4.75. The Morgan fingerprint density at radius 3 is 2.42 bits per heavy atom. The molecule has 6 heteroatoms. The number of carbonyl (C=O) groups excluding carboxylic acids is 1. The van der Waals surface area contributed by atoms with Crippen LogP contribution in [0.3, 0.4) is 0 Å². The van der Waals surface area contributed by atoms with Gasteiger partial charge < -0.3 is 14.5 Å². The van der Waals surface area contributed by atoms with Crippen molar-refractivity contribution in [1.82, 2.24) is 10.3 Å². The summed E-state index contributed by atoms with van der Waals surface area (Å²) in [4.78, 5) is 29.0. The van der Waals surface area contributed by atoms with Crippen molar-refractivity contribution in [3.8, 4) is 0 Å². The smallest absolute Gasteiger partial charge is 0.408 e. The van der Waals surface area contributed by atoms with Crippen molar-refractivity contribution < 1.29 is 13.9 Å². The Labute approximate surface area is 150 Å². The van der Waals surface area contributed by atoms with Crippen molar-refractivity contribution in [3.05, 3.63) is 76.5 Å². The first-order valence-electron chi connectivity index (χ1n) is 8.28. The molecule has 0 aliphatic heterocycles. The Morgan fingerprint density at radius 2 is 1.73 bits per heavy atom. The summed E-state index contributed by atoms with van der Waals surface area (Å²) in [7, 11) is 0. The third-order valence-corrected chi connectivity index (χ3v) is 3.59. The number of carbonyl (C=O) groups is 1. The third-order valence-electron chi connectivity index (χ3n) is 3.59. The minimum absolute atomic E-state index is 0.103. The minimum atomic E-state index is -0.747. The number of nitrogens with zero attached hydrogens (tertiary/aromatic N) is 1. The number of para-hydroxylation sites is 1. The molecule has 26 heavy (non-hydrogen) atoms. The second kappa shape index (κ2) is 7.00. The van der Waals surface area contributed by atoms with Crippen LogP contribution in [0.2, 0.25) is 0 Å². The highest BCUT2D eigenvalue weighted by Gasteiger charge is 2.25. The highest BCUT2D eigenvalue weighted by molar-refractivity contribution is 5.77. The monoisotopic (exact) mass is 352 g/mol. The van der Waals surface area contributed by atoms with E-state index in [0.29, 0.717) is 10.9 Å². The lowest BCUT2D eigenvalue weighted by Crippen LogP contribution is -2.36. The molecule has 1 heterocycles. The number of hydrogen-bond acceptors (Lipinski definition) is 5. The zero-order chi connectivity index (χ0) is 18.7. The molecule has 6 nitrogen and oxygen atoms in total. The average Bonchev–Trinajstić information content (AvgIpc) is 2.59. The average molecular weight is 352 g/mol. The molecule has 0 spiro atoms. The second-order valence-corrected chi connectivity index (χ2v) is 6.85. The summed E-state index contributed by atoms with van der Waals surface area (Å²) in [5.41, 5.74) is 0.0793. The predicted octanol–water partition coefficient (Wildman–Crippen LogP) is 3.80. The van der Waals surface area contributed by atoms with Crippen LogP contribution >= 0.6 is 0 Å². The number of benzene rings is 2. The van der Waals surface area contributed by atoms with Crippen LogP contribution in [0.4, 0.5) is 4.79 Å². The minimum Gasteiger partial charge on any atom is -0.444 e. The lowest BCUT2D eigenvalue weighted by Gasteiger charge is -2.23. The number of nitrogens with one attached hydrogen (secondary N) is 1. The fourth-order valence-corrected chi connectivity index (χ4v) is 2.52. The number of alkyl carbamates (subject to hydrolysis) is 1. The van der Waals surface area contributed by atoms with Gasteiger partial charge in [0.2, 0.25) is 5.89 Å². The van der Waals surface area contributed by atoms with Crippen molar-refractivity contribution in [3.63, 3.8) is 0 Å². The van der Waals surface area contributed by atoms with Gasteiger partial charge in [0, 0.05) is 0 Å². The highest BCUT2D eigenvalue weighted by atomic mass is 16.6. The van der Waals surface area contributed by atoms with Crippen LogP contribution in [0.5, 0.6) is 0 Å². The van der Waals surface area contributed by atoms with Crippen LogP contribution in [0.1, 0.15) is 38.3 Å². The molecule has 0 saturated carbocycles. The molecule has 134 valence electrons. The molecule has 0 unspecified atom stereocenters. The molecule has 0 radical (unpaired) electrons. The molecule has 1 atom stereocenters. The summed E-state index contributed by atoms with van der Waals surface area (Å²) in [5, 5.41) is 3.13. The maximum Gasteiger partial charge on any atom is 0.408 e. The Morgan fingerprint density at radius 1 is 1.08 bits per heavy atom. The standard InChI is InChI=1S/C20H20N2O4/c1-20(2,3)26-19(24)22-16(13-9-5-4-6-10-13)17-21-15-12-8-7-11-14(15)18(23)25-17/h4-12,16H,1-3H3,(H,22,24)/t16-/m1/s1. The molecular formula is C20H20N2O4. The van der Waals surface area contributed by atoms with E-state index in [4.69, 9.17) is 9.15 Å². The Bertz CT molecular complexity index is 974. The van der Waals surface area contributed by atoms with Crippen molar-refractivity contribution in [2.24, 2.45) is 0 Å². The van der Waals surface area contributed by atoms with Crippen molar-refractivity contribution in [1.29, 1.82) is 0 Å². The van der Waals surface area contributed by atoms with Crippen LogP contribution in [0, 0.1) is 0 Å². The molecule has 0 aliphatic carbocycles. The van der Waals surface area contributed by atoms with E-state index in [1.165, 1.54) is 0 Å². The zero-order valence-corrected chi connectivity index (χ0v) is 14.9. The van der Waals surface area contributed by atoms with E-state index in [1.54, 1.807) is 45.0 Å². The van der Waals surface area contributed by atoms with Gasteiger partial charge in [-0.3, -0.25) is 0 Å². The molecule has 0 fully saturated rings. The largest absolute Gasteiger partial charge is 0.444 e. The zero-order valence-electron chi connectivity index (χ0n) is 14.9. The molecule has 1 amide bonds. The molecule has 3 rings (SSSR count). The lowest BCUT2D eigenvalue weighted by atomic mass is 10.1. The predicted molar refractivity (Wildman–Crippen MR) is 97.9 cm³/mol. The maximum absolute atomic E-state index is 12.3. The van der Waals surface area contributed by atoms with E-state index in [2.05, 4.69) is 10.3 Å². The molecule has 0 saturated heterocycles. The van der Waals surface area contributed by atoms with Gasteiger partial charge in [0.05, 0.1) is 10.9 Å². The quantitative estimate of drug-likeness (QED) is 0.775. The van der Waals surface area contributed by atoms with Crippen LogP contribution in [-0.2, 0) is 4.74 Å². The SMILES string of the molecule is CC(C)(C)OC(=O)N[C@H](c1ccccc1)c1nc2ccccc2c(=O)o1. The summed E-state index contributed by atoms with van der Waals surface area (Å²) in [6.45, 7) is 5.33. The molecule has 2 aromatic carbocycles. The van der Waals surface area contributed by atoms with Gasteiger partial charge in [0.15, 0.2) is 0 Å². The number of hydrogen-bond donors (Lipinski definition) is 1. The van der Waals surface area contributed by atoms with Gasteiger partial charge in [-0.15, -0.1) is 0 Å². The van der Waals surface area contributed by atoms with Crippen molar-refractivity contribution >= 4 is 17.0 Å². The topological polar surface area (TPSA) is 81.4 Å². The third kappa shape index (κ3) is 4.08. The summed E-state index contributed by atoms with van der Waals surface area (Å²) in [6.07, 6.45) is -0.621. The summed E-state index contributed by atoms with van der Waals surface area (Å²) in [5.74, 6) is 0.103. The van der Waals surface area contributed by atoms with Crippen molar-refractivity contribution in [2.45, 2.75) is 32.4 Å². The first-order valence-corrected chi connectivity index (χ1v) is 8.28. The normalized spacial score (nSPS) is 12.6. The Hall–Kier alpha value is -3.15. The number of ether oxygens (including phenoxy) is 1. The van der Waals surface area contributed by atoms with Gasteiger partial charge in [-0.1, -0.05) is 42.5 Å². The van der Waals surface area contributed by atoms with E-state index in [0.717, 1.165) is 5.56 Å². The summed E-state index contributed by atoms with van der Waals surface area (Å²) in [6, 6.07) is 15.3. The van der Waals surface area contributed by atoms with Gasteiger partial charge in [0.25, 0.3) is 0 Å². The van der Waals surface area contributed by atoms with Gasteiger partial charge in [-0.2, -0.15) is 0 Å². The van der Waals surface area contributed by atoms with Gasteiger partial charge in [-0.25, -0.2) is 14.6 Å². The van der Waals surface area contributed by atoms with E-state index in [9.17, 15) is 9.59 Å². The van der Waals surface area contributed by atoms with E-state index >= 15 is 0 Å². The first-order chi connectivity index (χ1) is 12.3. The molecule has 0 aliphatic rings. The fraction of sp³-hybridized carbons (Fsp3) is 0.250. The van der Waals surface area contributed by atoms with E-state index in [-0.39, 0.29) is 5.89 Å². The second-order valence-electron chi connectivity index (χ2n) is 6.85. The summed E-state index contributed by atoms with van der Waals surface area (Å²) < 4.78 is 10.7. The molecule has 0 bridgehead atoms. The molecular weight excluding hydrogens is 332 g/mol. The Balaban J connectivity index is 2.04. The van der Waals surface area contributed by atoms with Crippen molar-refractivity contribution in [2.75, 3.05) is 0 Å². The lowest BCUT2D eigenvalue weighted by molar-refractivity contribution is 0.0505. The van der Waals surface area contributed by atoms with Gasteiger partial charge in [-0.05, 0) is 38.5 Å². The number of amides is 1. The van der Waals surface area contributed by atoms with Crippen LogP contribution < -0.4 is 10.9 Å². The van der Waals surface area contributed by atoms with Gasteiger partial charge in [0.1, 0.15) is 11.6 Å². The molecule has 1 N–H and O–H groups in total. The number of aromatic nitrogens is 1. The maximum atomic E-state index is 12.3. The van der Waals surface area contributed by atoms with Gasteiger partial charge >= 0.3 is 11.7 Å². The number of rotatable bonds is 3. The van der Waals surface area contributed by atoms with E-state index < -0.39 is 23.4 Å². The fourth-order valence-electron chi connectivity index (χ4n) is 2.52.